The van der Waals surface area contributed by atoms with Gasteiger partial charge in [-0.25, -0.2) is 8.37 Å². The first kappa shape index (κ1) is 19.3. The van der Waals surface area contributed by atoms with E-state index < -0.39 is 22.1 Å². The second-order valence-corrected chi connectivity index (χ2v) is 6.68. The van der Waals surface area contributed by atoms with Gasteiger partial charge in [-0.15, -0.1) is 0 Å². The van der Waals surface area contributed by atoms with Crippen molar-refractivity contribution in [2.75, 3.05) is 13.2 Å². The lowest BCUT2D eigenvalue weighted by atomic mass is 10.0. The first-order valence-electron chi connectivity index (χ1n) is 8.01. The molecule has 0 saturated carbocycles. The summed E-state index contributed by atoms with van der Waals surface area (Å²) in [5.41, 5.74) is 0. The van der Waals surface area contributed by atoms with E-state index >= 15 is 0 Å². The maximum Gasteiger partial charge on any atom is 0.406 e. The minimum absolute atomic E-state index is 0.0325. The lowest BCUT2D eigenvalue weighted by molar-refractivity contribution is -0.201. The van der Waals surface area contributed by atoms with Gasteiger partial charge in [-0.3, -0.25) is 4.79 Å². The maximum atomic E-state index is 11.9. The van der Waals surface area contributed by atoms with Crippen molar-refractivity contribution in [2.45, 2.75) is 70.5 Å². The van der Waals surface area contributed by atoms with E-state index in [1.807, 2.05) is 0 Å². The summed E-state index contributed by atoms with van der Waals surface area (Å²) in [5.74, 6) is -2.39. The molecule has 7 nitrogen and oxygen atoms in total. The number of aliphatic hydroxyl groups is 1. The number of aliphatic hydroxyl groups excluding tert-OH is 1. The predicted octanol–water partition coefficient (Wildman–Crippen LogP) is 1.61. The second kappa shape index (κ2) is 9.44. The number of unbranched alkanes of at least 4 members (excludes halogenated alkanes) is 7. The number of hydrogen-bond donors (Lipinski definition) is 2. The molecule has 0 aromatic heterocycles. The zero-order valence-corrected chi connectivity index (χ0v) is 14.0. The van der Waals surface area contributed by atoms with Crippen LogP contribution in [0.5, 0.6) is 0 Å². The van der Waals surface area contributed by atoms with Crippen LogP contribution in [0.25, 0.3) is 0 Å². The van der Waals surface area contributed by atoms with Gasteiger partial charge >= 0.3 is 10.4 Å². The monoisotopic (exact) mass is 337 g/mol. The van der Waals surface area contributed by atoms with Crippen LogP contribution in [0.3, 0.4) is 0 Å². The molecule has 130 valence electrons. The molecular formula is C14H27NO6S. The van der Waals surface area contributed by atoms with Gasteiger partial charge in [0.1, 0.15) is 0 Å². The van der Waals surface area contributed by atoms with E-state index in [0.717, 1.165) is 19.3 Å². The largest absolute Gasteiger partial charge is 0.406 e. The summed E-state index contributed by atoms with van der Waals surface area (Å²) >= 11 is 0. The van der Waals surface area contributed by atoms with Crippen LogP contribution in [0.2, 0.25) is 0 Å². The first-order chi connectivity index (χ1) is 10.5. The third-order valence-electron chi connectivity index (χ3n) is 3.58. The fraction of sp³-hybridized carbons (Fsp3) is 0.929. The van der Waals surface area contributed by atoms with Gasteiger partial charge in [-0.1, -0.05) is 51.9 Å². The van der Waals surface area contributed by atoms with E-state index in [4.69, 9.17) is 5.11 Å². The normalized spacial score (nSPS) is 18.6. The SMILES string of the molecule is CCCCCCCCCCC1(C(=O)NCCO)OS(=O)(=O)O1. The number of hydrogen-bond acceptors (Lipinski definition) is 6. The summed E-state index contributed by atoms with van der Waals surface area (Å²) in [6.45, 7) is 1.98. The Morgan fingerprint density at radius 1 is 1.05 bits per heavy atom. The van der Waals surface area contributed by atoms with E-state index in [9.17, 15) is 13.2 Å². The standard InChI is InChI=1S/C14H27NO6S/c1-2-3-4-5-6-7-8-9-10-14(13(17)15-11-12-16)20-22(18,19)21-14/h16H,2-12H2,1H3,(H,15,17). The fourth-order valence-corrected chi connectivity index (χ4v) is 3.39. The Morgan fingerprint density at radius 3 is 2.09 bits per heavy atom. The van der Waals surface area contributed by atoms with Gasteiger partial charge in [-0.05, 0) is 6.42 Å². The van der Waals surface area contributed by atoms with Crippen molar-refractivity contribution < 1.29 is 26.7 Å². The quantitative estimate of drug-likeness (QED) is 0.525. The Hall–Kier alpha value is -0.700. The molecule has 0 atom stereocenters. The van der Waals surface area contributed by atoms with Gasteiger partial charge < -0.3 is 10.4 Å². The van der Waals surface area contributed by atoms with Crippen LogP contribution in [0.15, 0.2) is 0 Å². The Morgan fingerprint density at radius 2 is 1.59 bits per heavy atom. The Kier molecular flexibility index (Phi) is 8.30. The topological polar surface area (TPSA) is 102 Å². The highest BCUT2D eigenvalue weighted by molar-refractivity contribution is 7.83. The molecule has 1 heterocycles. The van der Waals surface area contributed by atoms with Crippen molar-refractivity contribution in [1.29, 1.82) is 0 Å². The molecule has 0 unspecified atom stereocenters. The van der Waals surface area contributed by atoms with Crippen molar-refractivity contribution in [3.8, 4) is 0 Å². The van der Waals surface area contributed by atoms with Crippen LogP contribution in [0.4, 0.5) is 0 Å². The van der Waals surface area contributed by atoms with Gasteiger partial charge in [0.05, 0.1) is 6.61 Å². The molecule has 0 aliphatic carbocycles. The number of nitrogens with one attached hydrogen (secondary N) is 1. The minimum atomic E-state index is -4.04. The van der Waals surface area contributed by atoms with Crippen molar-refractivity contribution in [3.05, 3.63) is 0 Å². The average Bonchev–Trinajstić information content (AvgIpc) is 2.45. The van der Waals surface area contributed by atoms with Crippen LogP contribution in [-0.4, -0.2) is 38.4 Å². The van der Waals surface area contributed by atoms with E-state index in [2.05, 4.69) is 20.6 Å². The summed E-state index contributed by atoms with van der Waals surface area (Å²) in [6, 6.07) is 0. The first-order valence-corrected chi connectivity index (χ1v) is 9.34. The smallest absolute Gasteiger partial charge is 0.395 e. The molecule has 0 radical (unpaired) electrons. The zero-order valence-electron chi connectivity index (χ0n) is 13.2. The van der Waals surface area contributed by atoms with Gasteiger partial charge in [-0.2, -0.15) is 8.42 Å². The third kappa shape index (κ3) is 6.20. The Bertz CT molecular complexity index is 425. The number of carbonyl (C=O) groups is 1. The third-order valence-corrected chi connectivity index (χ3v) is 4.52. The van der Waals surface area contributed by atoms with E-state index in [-0.39, 0.29) is 19.6 Å². The van der Waals surface area contributed by atoms with E-state index in [1.165, 1.54) is 25.7 Å². The highest BCUT2D eigenvalue weighted by atomic mass is 32.3. The van der Waals surface area contributed by atoms with Crippen molar-refractivity contribution in [3.63, 3.8) is 0 Å². The van der Waals surface area contributed by atoms with Crippen molar-refractivity contribution in [2.24, 2.45) is 0 Å². The minimum Gasteiger partial charge on any atom is -0.395 e. The molecule has 22 heavy (non-hydrogen) atoms. The lowest BCUT2D eigenvalue weighted by Crippen LogP contribution is -2.60. The fourth-order valence-electron chi connectivity index (χ4n) is 2.40. The molecule has 0 aromatic rings. The summed E-state index contributed by atoms with van der Waals surface area (Å²) in [5, 5.41) is 11.1. The van der Waals surface area contributed by atoms with Gasteiger partial charge in [0.25, 0.3) is 11.7 Å². The van der Waals surface area contributed by atoms with Crippen LogP contribution in [0.1, 0.15) is 64.7 Å². The molecule has 1 aliphatic rings. The molecule has 8 heteroatoms. The molecule has 1 fully saturated rings. The summed E-state index contributed by atoms with van der Waals surface area (Å²) in [6.07, 6.45) is 8.85. The van der Waals surface area contributed by atoms with Crippen LogP contribution >= 0.6 is 0 Å². The van der Waals surface area contributed by atoms with Gasteiger partial charge in [0.15, 0.2) is 0 Å². The van der Waals surface area contributed by atoms with Crippen molar-refractivity contribution in [1.82, 2.24) is 5.32 Å². The summed E-state index contributed by atoms with van der Waals surface area (Å²) < 4.78 is 31.5. The predicted molar refractivity (Wildman–Crippen MR) is 81.1 cm³/mol. The Labute approximate surface area is 132 Å². The molecule has 0 aromatic carbocycles. The summed E-state index contributed by atoms with van der Waals surface area (Å²) in [4.78, 5) is 11.9. The molecular weight excluding hydrogens is 310 g/mol. The Balaban J connectivity index is 2.27. The number of rotatable bonds is 12. The molecule has 1 aliphatic heterocycles. The molecule has 1 amide bonds. The van der Waals surface area contributed by atoms with E-state index in [1.54, 1.807) is 0 Å². The average molecular weight is 337 g/mol. The molecule has 1 rings (SSSR count). The lowest BCUT2D eigenvalue weighted by Gasteiger charge is -2.37. The molecule has 1 saturated heterocycles. The number of amides is 1. The van der Waals surface area contributed by atoms with Crippen LogP contribution in [0, 0.1) is 0 Å². The zero-order chi connectivity index (χ0) is 16.5. The number of carbonyl (C=O) groups excluding carboxylic acids is 1. The molecule has 2 N–H and O–H groups in total. The highest BCUT2D eigenvalue weighted by Gasteiger charge is 2.57. The van der Waals surface area contributed by atoms with Crippen molar-refractivity contribution >= 4 is 16.3 Å². The van der Waals surface area contributed by atoms with Crippen LogP contribution in [-0.2, 0) is 23.6 Å². The van der Waals surface area contributed by atoms with Crippen LogP contribution < -0.4 is 5.32 Å². The van der Waals surface area contributed by atoms with Gasteiger partial charge in [0.2, 0.25) is 0 Å². The molecule has 0 bridgehead atoms. The highest BCUT2D eigenvalue weighted by Crippen LogP contribution is 2.36. The second-order valence-electron chi connectivity index (χ2n) is 5.53. The summed E-state index contributed by atoms with van der Waals surface area (Å²) in [7, 11) is -4.04. The van der Waals surface area contributed by atoms with Gasteiger partial charge in [0, 0.05) is 13.0 Å². The van der Waals surface area contributed by atoms with E-state index in [0.29, 0.717) is 6.42 Å². The maximum absolute atomic E-state index is 11.9. The molecule has 0 spiro atoms.